The number of anilines is 1. The van der Waals surface area contributed by atoms with Crippen LogP contribution in [0.15, 0.2) is 35.5 Å². The SMILES string of the molecule is Cc1c(S(=O)(=O)N(C)CCNc2ccccn2)cnn1C. The van der Waals surface area contributed by atoms with Crippen LogP contribution in [-0.4, -0.2) is 47.6 Å². The number of hydrogen-bond acceptors (Lipinski definition) is 5. The first kappa shape index (κ1) is 15.5. The standard InChI is InChI=1S/C13H19N5O2S/c1-11-12(10-16-18(11)3)21(19,20)17(2)9-8-15-13-6-4-5-7-14-13/h4-7,10H,8-9H2,1-3H3,(H,14,15). The van der Waals surface area contributed by atoms with Crippen LogP contribution in [-0.2, 0) is 17.1 Å². The van der Waals surface area contributed by atoms with E-state index in [1.807, 2.05) is 18.2 Å². The normalized spacial score (nSPS) is 11.8. The first-order valence-corrected chi connectivity index (χ1v) is 7.97. The highest BCUT2D eigenvalue weighted by Gasteiger charge is 2.24. The van der Waals surface area contributed by atoms with E-state index in [2.05, 4.69) is 15.4 Å². The summed E-state index contributed by atoms with van der Waals surface area (Å²) in [5.41, 5.74) is 0.625. The number of nitrogens with one attached hydrogen (secondary N) is 1. The van der Waals surface area contributed by atoms with Crippen molar-refractivity contribution in [2.75, 3.05) is 25.5 Å². The molecule has 8 heteroatoms. The molecule has 2 heterocycles. The van der Waals surface area contributed by atoms with Gasteiger partial charge in [0, 0.05) is 33.4 Å². The highest BCUT2D eigenvalue weighted by molar-refractivity contribution is 7.89. The van der Waals surface area contributed by atoms with Gasteiger partial charge in [0.25, 0.3) is 0 Å². The van der Waals surface area contributed by atoms with E-state index in [-0.39, 0.29) is 4.90 Å². The Morgan fingerprint density at radius 2 is 2.14 bits per heavy atom. The molecule has 0 aliphatic carbocycles. The second-order valence-corrected chi connectivity index (χ2v) is 6.70. The van der Waals surface area contributed by atoms with E-state index in [4.69, 9.17) is 0 Å². The van der Waals surface area contributed by atoms with Gasteiger partial charge in [-0.3, -0.25) is 4.68 Å². The van der Waals surface area contributed by atoms with Gasteiger partial charge in [-0.15, -0.1) is 0 Å². The minimum atomic E-state index is -3.51. The van der Waals surface area contributed by atoms with Crippen molar-refractivity contribution in [1.82, 2.24) is 19.1 Å². The van der Waals surface area contributed by atoms with Crippen LogP contribution in [0.4, 0.5) is 5.82 Å². The van der Waals surface area contributed by atoms with Gasteiger partial charge in [0.05, 0.1) is 11.9 Å². The van der Waals surface area contributed by atoms with Gasteiger partial charge in [0.15, 0.2) is 0 Å². The number of rotatable bonds is 6. The second kappa shape index (κ2) is 6.23. The Morgan fingerprint density at radius 1 is 1.38 bits per heavy atom. The summed E-state index contributed by atoms with van der Waals surface area (Å²) in [6.45, 7) is 2.55. The maximum absolute atomic E-state index is 12.4. The molecule has 0 atom stereocenters. The van der Waals surface area contributed by atoms with Gasteiger partial charge in [-0.25, -0.2) is 13.4 Å². The summed E-state index contributed by atoms with van der Waals surface area (Å²) in [5.74, 6) is 0.723. The van der Waals surface area contributed by atoms with Gasteiger partial charge in [-0.2, -0.15) is 9.40 Å². The molecule has 0 amide bonds. The summed E-state index contributed by atoms with van der Waals surface area (Å²) in [6.07, 6.45) is 3.06. The zero-order chi connectivity index (χ0) is 15.5. The Bertz CT molecular complexity index is 697. The quantitative estimate of drug-likeness (QED) is 0.856. The summed E-state index contributed by atoms with van der Waals surface area (Å²) in [4.78, 5) is 4.36. The van der Waals surface area contributed by atoms with Crippen molar-refractivity contribution in [3.8, 4) is 0 Å². The summed E-state index contributed by atoms with van der Waals surface area (Å²) in [7, 11) is -0.237. The summed E-state index contributed by atoms with van der Waals surface area (Å²) in [6, 6.07) is 5.53. The molecule has 7 nitrogen and oxygen atoms in total. The Morgan fingerprint density at radius 3 is 2.71 bits per heavy atom. The molecule has 21 heavy (non-hydrogen) atoms. The van der Waals surface area contributed by atoms with Crippen LogP contribution in [0.5, 0.6) is 0 Å². The third-order valence-electron chi connectivity index (χ3n) is 3.28. The topological polar surface area (TPSA) is 80.1 Å². The monoisotopic (exact) mass is 309 g/mol. The van der Waals surface area contributed by atoms with E-state index < -0.39 is 10.0 Å². The van der Waals surface area contributed by atoms with Crippen LogP contribution in [0.1, 0.15) is 5.69 Å². The third-order valence-corrected chi connectivity index (χ3v) is 5.24. The molecule has 2 aromatic rings. The number of hydrogen-bond donors (Lipinski definition) is 1. The number of nitrogens with zero attached hydrogens (tertiary/aromatic N) is 4. The Balaban J connectivity index is 1.99. The molecule has 1 N–H and O–H groups in total. The lowest BCUT2D eigenvalue weighted by molar-refractivity contribution is 0.479. The number of likely N-dealkylation sites (N-methyl/N-ethyl adjacent to an activating group) is 1. The molecule has 0 bridgehead atoms. The first-order valence-electron chi connectivity index (χ1n) is 6.53. The third kappa shape index (κ3) is 3.40. The Kier molecular flexibility index (Phi) is 4.59. The predicted octanol–water partition coefficient (Wildman–Crippen LogP) is 0.856. The van der Waals surface area contributed by atoms with E-state index in [0.29, 0.717) is 18.8 Å². The van der Waals surface area contributed by atoms with Crippen molar-refractivity contribution in [2.45, 2.75) is 11.8 Å². The van der Waals surface area contributed by atoms with E-state index >= 15 is 0 Å². The Labute approximate surface area is 124 Å². The van der Waals surface area contributed by atoms with Crippen molar-refractivity contribution in [3.63, 3.8) is 0 Å². The molecule has 0 unspecified atom stereocenters. The minimum Gasteiger partial charge on any atom is -0.369 e. The van der Waals surface area contributed by atoms with Crippen LogP contribution in [0.2, 0.25) is 0 Å². The highest BCUT2D eigenvalue weighted by atomic mass is 32.2. The maximum atomic E-state index is 12.4. The number of sulfonamides is 1. The van der Waals surface area contributed by atoms with Gasteiger partial charge in [0.1, 0.15) is 10.7 Å². The van der Waals surface area contributed by atoms with E-state index in [1.165, 1.54) is 10.5 Å². The van der Waals surface area contributed by atoms with Crippen molar-refractivity contribution in [1.29, 1.82) is 0 Å². The zero-order valence-corrected chi connectivity index (χ0v) is 13.1. The maximum Gasteiger partial charge on any atom is 0.246 e. The molecule has 2 rings (SSSR count). The van der Waals surface area contributed by atoms with Crippen LogP contribution in [0, 0.1) is 6.92 Å². The van der Waals surface area contributed by atoms with Gasteiger partial charge < -0.3 is 5.32 Å². The average molecular weight is 309 g/mol. The van der Waals surface area contributed by atoms with Gasteiger partial charge >= 0.3 is 0 Å². The molecule has 2 aromatic heterocycles. The smallest absolute Gasteiger partial charge is 0.246 e. The summed E-state index contributed by atoms with van der Waals surface area (Å²) < 4.78 is 27.7. The second-order valence-electron chi connectivity index (χ2n) is 4.69. The van der Waals surface area contributed by atoms with Crippen molar-refractivity contribution >= 4 is 15.8 Å². The van der Waals surface area contributed by atoms with Gasteiger partial charge in [0.2, 0.25) is 10.0 Å². The average Bonchev–Trinajstić information content (AvgIpc) is 2.80. The first-order chi connectivity index (χ1) is 9.93. The fourth-order valence-electron chi connectivity index (χ4n) is 1.83. The van der Waals surface area contributed by atoms with E-state index in [1.54, 1.807) is 31.9 Å². The lowest BCUT2D eigenvalue weighted by atomic mass is 10.4. The summed E-state index contributed by atoms with van der Waals surface area (Å²) in [5, 5.41) is 7.06. The largest absolute Gasteiger partial charge is 0.369 e. The fraction of sp³-hybridized carbons (Fsp3) is 0.385. The Hall–Kier alpha value is -1.93. The number of pyridine rings is 1. The molecule has 0 fully saturated rings. The summed E-state index contributed by atoms with van der Waals surface area (Å²) >= 11 is 0. The number of aromatic nitrogens is 3. The van der Waals surface area contributed by atoms with Gasteiger partial charge in [-0.1, -0.05) is 6.07 Å². The molecular weight excluding hydrogens is 290 g/mol. The van der Waals surface area contributed by atoms with E-state index in [9.17, 15) is 8.42 Å². The molecule has 0 aliphatic rings. The molecule has 0 radical (unpaired) electrons. The zero-order valence-electron chi connectivity index (χ0n) is 12.3. The minimum absolute atomic E-state index is 0.241. The van der Waals surface area contributed by atoms with Gasteiger partial charge in [-0.05, 0) is 19.1 Å². The van der Waals surface area contributed by atoms with Crippen molar-refractivity contribution < 1.29 is 8.42 Å². The van der Waals surface area contributed by atoms with Crippen LogP contribution >= 0.6 is 0 Å². The molecule has 0 saturated carbocycles. The molecule has 0 saturated heterocycles. The van der Waals surface area contributed by atoms with Crippen molar-refractivity contribution in [2.24, 2.45) is 7.05 Å². The molecule has 0 aliphatic heterocycles. The highest BCUT2D eigenvalue weighted by Crippen LogP contribution is 2.17. The molecular formula is C13H19N5O2S. The fourth-order valence-corrected chi connectivity index (χ4v) is 3.18. The molecule has 0 aromatic carbocycles. The van der Waals surface area contributed by atoms with E-state index in [0.717, 1.165) is 5.82 Å². The lowest BCUT2D eigenvalue weighted by Gasteiger charge is -2.17. The molecule has 114 valence electrons. The van der Waals surface area contributed by atoms with Crippen LogP contribution < -0.4 is 5.32 Å². The van der Waals surface area contributed by atoms with Crippen LogP contribution in [0.3, 0.4) is 0 Å². The number of aryl methyl sites for hydroxylation is 1. The lowest BCUT2D eigenvalue weighted by Crippen LogP contribution is -2.31. The molecule has 0 spiro atoms. The predicted molar refractivity (Wildman–Crippen MR) is 80.5 cm³/mol. The van der Waals surface area contributed by atoms with Crippen LogP contribution in [0.25, 0.3) is 0 Å². The van der Waals surface area contributed by atoms with Crippen molar-refractivity contribution in [3.05, 3.63) is 36.3 Å².